The minimum absolute atomic E-state index is 0.126. The lowest BCUT2D eigenvalue weighted by Crippen LogP contribution is -2.51. The Morgan fingerprint density at radius 1 is 1.03 bits per heavy atom. The summed E-state index contributed by atoms with van der Waals surface area (Å²) >= 11 is 0. The molecule has 0 spiro atoms. The van der Waals surface area contributed by atoms with Gasteiger partial charge in [0.15, 0.2) is 11.6 Å². The zero-order valence-electron chi connectivity index (χ0n) is 17.5. The van der Waals surface area contributed by atoms with Gasteiger partial charge in [-0.25, -0.2) is 17.2 Å². The standard InChI is InChI=1S/C22H25F2N3O3S/c1-3-18(4-2)26-9-11-27(12-10-26)31(28,29)22-13-16(15-25)5-8-20(22)30-21-14-17(23)6-7-19(21)24/h5-8,13-14,18H,3-4,9-12H2,1-2H3. The summed E-state index contributed by atoms with van der Waals surface area (Å²) < 4.78 is 61.2. The Hall–Kier alpha value is -2.54. The van der Waals surface area contributed by atoms with Gasteiger partial charge in [-0.1, -0.05) is 13.8 Å². The number of ether oxygens (including phenoxy) is 1. The molecule has 31 heavy (non-hydrogen) atoms. The fourth-order valence-electron chi connectivity index (χ4n) is 3.79. The number of hydrogen-bond acceptors (Lipinski definition) is 5. The maximum Gasteiger partial charge on any atom is 0.246 e. The molecule has 0 unspecified atom stereocenters. The van der Waals surface area contributed by atoms with E-state index in [1.54, 1.807) is 0 Å². The topological polar surface area (TPSA) is 73.6 Å². The molecule has 3 rings (SSSR count). The van der Waals surface area contributed by atoms with Gasteiger partial charge in [0.1, 0.15) is 16.5 Å². The van der Waals surface area contributed by atoms with Gasteiger partial charge in [-0.2, -0.15) is 9.57 Å². The lowest BCUT2D eigenvalue weighted by Gasteiger charge is -2.38. The van der Waals surface area contributed by atoms with Crippen molar-refractivity contribution in [3.63, 3.8) is 0 Å². The smallest absolute Gasteiger partial charge is 0.246 e. The molecule has 0 radical (unpaired) electrons. The van der Waals surface area contributed by atoms with Gasteiger partial charge in [0.25, 0.3) is 0 Å². The van der Waals surface area contributed by atoms with Crippen molar-refractivity contribution in [2.75, 3.05) is 26.2 Å². The van der Waals surface area contributed by atoms with Crippen molar-refractivity contribution in [1.29, 1.82) is 5.26 Å². The third-order valence-electron chi connectivity index (χ3n) is 5.54. The highest BCUT2D eigenvalue weighted by Crippen LogP contribution is 2.33. The van der Waals surface area contributed by atoms with Gasteiger partial charge < -0.3 is 4.74 Å². The molecule has 0 aromatic heterocycles. The molecule has 1 saturated heterocycles. The van der Waals surface area contributed by atoms with Crippen LogP contribution in [0, 0.1) is 23.0 Å². The summed E-state index contributed by atoms with van der Waals surface area (Å²) in [4.78, 5) is 2.03. The normalized spacial score (nSPS) is 15.7. The lowest BCUT2D eigenvalue weighted by molar-refractivity contribution is 0.130. The molecule has 0 bridgehead atoms. The predicted molar refractivity (Wildman–Crippen MR) is 112 cm³/mol. The zero-order chi connectivity index (χ0) is 22.6. The number of sulfonamides is 1. The Bertz CT molecular complexity index is 1070. The van der Waals surface area contributed by atoms with Crippen molar-refractivity contribution in [3.05, 3.63) is 53.6 Å². The monoisotopic (exact) mass is 449 g/mol. The molecule has 1 aliphatic heterocycles. The van der Waals surface area contributed by atoms with Crippen molar-refractivity contribution in [2.45, 2.75) is 37.6 Å². The van der Waals surface area contributed by atoms with Crippen LogP contribution in [0.25, 0.3) is 0 Å². The SMILES string of the molecule is CCC(CC)N1CCN(S(=O)(=O)c2cc(C#N)ccc2Oc2cc(F)ccc2F)CC1. The molecule has 1 aliphatic rings. The molecule has 6 nitrogen and oxygen atoms in total. The molecule has 0 N–H and O–H groups in total. The number of nitrogens with zero attached hydrogens (tertiary/aromatic N) is 3. The summed E-state index contributed by atoms with van der Waals surface area (Å²) in [5.74, 6) is -2.13. The fraction of sp³-hybridized carbons (Fsp3) is 0.409. The predicted octanol–water partition coefficient (Wildman–Crippen LogP) is 4.12. The summed E-state index contributed by atoms with van der Waals surface area (Å²) in [7, 11) is -4.02. The molecule has 0 saturated carbocycles. The Kier molecular flexibility index (Phi) is 7.26. The molecule has 1 heterocycles. The summed E-state index contributed by atoms with van der Waals surface area (Å²) in [6.45, 7) is 6.00. The first kappa shape index (κ1) is 23.1. The number of benzene rings is 2. The Balaban J connectivity index is 1.92. The van der Waals surface area contributed by atoms with Gasteiger partial charge in [0.05, 0.1) is 11.6 Å². The molecular formula is C22H25F2N3O3S. The van der Waals surface area contributed by atoms with Crippen LogP contribution in [0.4, 0.5) is 8.78 Å². The molecular weight excluding hydrogens is 424 g/mol. The highest BCUT2D eigenvalue weighted by molar-refractivity contribution is 7.89. The van der Waals surface area contributed by atoms with Crippen molar-refractivity contribution in [2.24, 2.45) is 0 Å². The minimum atomic E-state index is -4.02. The van der Waals surface area contributed by atoms with E-state index in [1.165, 1.54) is 22.5 Å². The third-order valence-corrected chi connectivity index (χ3v) is 7.46. The van der Waals surface area contributed by atoms with Gasteiger partial charge >= 0.3 is 0 Å². The average molecular weight is 450 g/mol. The van der Waals surface area contributed by atoms with Crippen LogP contribution in [0.1, 0.15) is 32.3 Å². The molecule has 0 atom stereocenters. The Labute approximate surface area is 181 Å². The zero-order valence-corrected chi connectivity index (χ0v) is 18.3. The van der Waals surface area contributed by atoms with Crippen LogP contribution < -0.4 is 4.74 Å². The average Bonchev–Trinajstić information content (AvgIpc) is 2.77. The quantitative estimate of drug-likeness (QED) is 0.636. The maximum atomic E-state index is 14.1. The second kappa shape index (κ2) is 9.73. The minimum Gasteiger partial charge on any atom is -0.453 e. The second-order valence-corrected chi connectivity index (χ2v) is 9.27. The van der Waals surface area contributed by atoms with Crippen LogP contribution in [-0.4, -0.2) is 49.8 Å². The van der Waals surface area contributed by atoms with Gasteiger partial charge in [-0.15, -0.1) is 0 Å². The van der Waals surface area contributed by atoms with Crippen LogP contribution >= 0.6 is 0 Å². The van der Waals surface area contributed by atoms with Crippen LogP contribution in [0.3, 0.4) is 0 Å². The van der Waals surface area contributed by atoms with Crippen molar-refractivity contribution in [1.82, 2.24) is 9.21 Å². The summed E-state index contributed by atoms with van der Waals surface area (Å²) in [5, 5.41) is 9.23. The van der Waals surface area contributed by atoms with E-state index in [2.05, 4.69) is 18.7 Å². The number of nitriles is 1. The molecule has 2 aromatic rings. The van der Waals surface area contributed by atoms with Gasteiger partial charge in [-0.05, 0) is 43.2 Å². The summed E-state index contributed by atoms with van der Waals surface area (Å²) in [5.41, 5.74) is 0.126. The summed E-state index contributed by atoms with van der Waals surface area (Å²) in [6, 6.07) is 8.87. The molecule has 1 fully saturated rings. The molecule has 0 aliphatic carbocycles. The van der Waals surface area contributed by atoms with E-state index in [9.17, 15) is 22.5 Å². The Morgan fingerprint density at radius 2 is 1.71 bits per heavy atom. The first-order valence-corrected chi connectivity index (χ1v) is 11.6. The first-order valence-electron chi connectivity index (χ1n) is 10.2. The third kappa shape index (κ3) is 5.03. The van der Waals surface area contributed by atoms with Crippen molar-refractivity contribution < 1.29 is 21.9 Å². The number of hydrogen-bond donors (Lipinski definition) is 0. The number of rotatable bonds is 7. The fourth-order valence-corrected chi connectivity index (χ4v) is 5.35. The lowest BCUT2D eigenvalue weighted by atomic mass is 10.1. The van der Waals surface area contributed by atoms with E-state index in [1.807, 2.05) is 6.07 Å². The highest BCUT2D eigenvalue weighted by Gasteiger charge is 2.33. The Morgan fingerprint density at radius 3 is 2.32 bits per heavy atom. The molecule has 0 amide bonds. The molecule has 2 aromatic carbocycles. The molecule has 166 valence electrons. The van der Waals surface area contributed by atoms with E-state index >= 15 is 0 Å². The van der Waals surface area contributed by atoms with Gasteiger partial charge in [0, 0.05) is 38.3 Å². The number of halogens is 2. The second-order valence-electron chi connectivity index (χ2n) is 7.36. The van der Waals surface area contributed by atoms with E-state index in [-0.39, 0.29) is 16.2 Å². The largest absolute Gasteiger partial charge is 0.453 e. The highest BCUT2D eigenvalue weighted by atomic mass is 32.2. The van der Waals surface area contributed by atoms with E-state index in [0.29, 0.717) is 32.2 Å². The van der Waals surface area contributed by atoms with Crippen molar-refractivity contribution >= 4 is 10.0 Å². The summed E-state index contributed by atoms with van der Waals surface area (Å²) in [6.07, 6.45) is 1.98. The van der Waals surface area contributed by atoms with Crippen LogP contribution in [0.5, 0.6) is 11.5 Å². The van der Waals surface area contributed by atoms with E-state index in [4.69, 9.17) is 4.74 Å². The maximum absolute atomic E-state index is 14.1. The first-order chi connectivity index (χ1) is 14.8. The number of piperazine rings is 1. The molecule has 9 heteroatoms. The van der Waals surface area contributed by atoms with Crippen LogP contribution in [-0.2, 0) is 10.0 Å². The van der Waals surface area contributed by atoms with Crippen LogP contribution in [0.15, 0.2) is 41.3 Å². The van der Waals surface area contributed by atoms with E-state index < -0.39 is 27.4 Å². The van der Waals surface area contributed by atoms with Gasteiger partial charge in [-0.3, -0.25) is 4.90 Å². The van der Waals surface area contributed by atoms with Gasteiger partial charge in [0.2, 0.25) is 10.0 Å². The van der Waals surface area contributed by atoms with Crippen LogP contribution in [0.2, 0.25) is 0 Å². The van der Waals surface area contributed by atoms with Crippen molar-refractivity contribution in [3.8, 4) is 17.6 Å². The van der Waals surface area contributed by atoms with E-state index in [0.717, 1.165) is 31.0 Å².